The van der Waals surface area contributed by atoms with Gasteiger partial charge >= 0.3 is 0 Å². The van der Waals surface area contributed by atoms with Gasteiger partial charge in [-0.1, -0.05) is 27.7 Å². The first-order valence-corrected chi connectivity index (χ1v) is 10.5. The van der Waals surface area contributed by atoms with Gasteiger partial charge in [-0.2, -0.15) is 4.31 Å². The molecule has 1 aliphatic heterocycles. The molecule has 0 unspecified atom stereocenters. The number of sulfonamides is 1. The van der Waals surface area contributed by atoms with E-state index in [1.54, 1.807) is 6.92 Å². The van der Waals surface area contributed by atoms with Gasteiger partial charge in [0.15, 0.2) is 0 Å². The summed E-state index contributed by atoms with van der Waals surface area (Å²) in [5, 5.41) is 2.46. The van der Waals surface area contributed by atoms with Crippen molar-refractivity contribution in [3.8, 4) is 12.8 Å². The Hall–Kier alpha value is -1.39. The number of rotatable bonds is 5. The minimum absolute atomic E-state index is 0.220. The lowest BCUT2D eigenvalue weighted by atomic mass is 10.1. The van der Waals surface area contributed by atoms with Gasteiger partial charge in [-0.05, 0) is 32.1 Å². The van der Waals surface area contributed by atoms with E-state index in [1.807, 2.05) is 13.8 Å². The normalized spacial score (nSPS) is 16.3. The minimum atomic E-state index is -3.23. The number of likely N-dealkylation sites (N-methyl/N-ethyl adjacent to an activating group) is 1. The predicted molar refractivity (Wildman–Crippen MR) is 105 cm³/mol. The molecule has 25 heavy (non-hydrogen) atoms. The van der Waals surface area contributed by atoms with Crippen LogP contribution in [-0.2, 0) is 19.6 Å². The molecule has 1 rings (SSSR count). The van der Waals surface area contributed by atoms with Crippen molar-refractivity contribution >= 4 is 21.7 Å². The largest absolute Gasteiger partial charge is 0.358 e. The highest BCUT2D eigenvalue weighted by Crippen LogP contribution is 2.19. The van der Waals surface area contributed by atoms with E-state index in [1.165, 1.54) is 11.4 Å². The summed E-state index contributed by atoms with van der Waals surface area (Å²) < 4.78 is 23.7. The number of carbonyl (C=O) groups excluding carboxylic acids is 2. The van der Waals surface area contributed by atoms with Crippen LogP contribution in [0.1, 0.15) is 60.3 Å². The van der Waals surface area contributed by atoms with E-state index in [0.29, 0.717) is 24.7 Å². The van der Waals surface area contributed by atoms with Gasteiger partial charge in [-0.15, -0.1) is 12.8 Å². The maximum atomic E-state index is 11.3. The van der Waals surface area contributed by atoms with Crippen molar-refractivity contribution in [1.29, 1.82) is 0 Å². The van der Waals surface area contributed by atoms with Crippen molar-refractivity contribution in [3.05, 3.63) is 0 Å². The molecule has 0 aromatic rings. The summed E-state index contributed by atoms with van der Waals surface area (Å²) in [6.45, 7) is 10.4. The molecule has 1 amide bonds. The number of hydrogen-bond acceptors (Lipinski definition) is 4. The molecular weight excluding hydrogens is 340 g/mol. The Kier molecular flexibility index (Phi) is 18.3. The van der Waals surface area contributed by atoms with Gasteiger partial charge in [0.25, 0.3) is 0 Å². The molecule has 0 aromatic heterocycles. The highest BCUT2D eigenvalue weighted by atomic mass is 32.2. The standard InChI is InChI=1S/C7H14N2O3S.C7H14O.C2H6.C2H2/c1-8-7(10)6-4-3-5-9(6)13(2,11)12;1-6(2)4-5-7(3)8;2*1-2/h6H,3-5H2,1-2H3,(H,8,10);6H,4-5H2,1-3H3;1-2H3;1-2H/t6-;;;/m0.../s1. The monoisotopic (exact) mass is 376 g/mol. The molecule has 0 aliphatic carbocycles. The summed E-state index contributed by atoms with van der Waals surface area (Å²) in [6, 6.07) is -0.500. The van der Waals surface area contributed by atoms with Gasteiger partial charge in [0.2, 0.25) is 15.9 Å². The van der Waals surface area contributed by atoms with Crippen molar-refractivity contribution in [2.45, 2.75) is 66.3 Å². The van der Waals surface area contributed by atoms with Crippen LogP contribution in [0.4, 0.5) is 0 Å². The van der Waals surface area contributed by atoms with Gasteiger partial charge in [0.1, 0.15) is 11.8 Å². The lowest BCUT2D eigenvalue weighted by Gasteiger charge is -2.20. The summed E-state index contributed by atoms with van der Waals surface area (Å²) >= 11 is 0. The third kappa shape index (κ3) is 14.6. The maximum Gasteiger partial charge on any atom is 0.238 e. The summed E-state index contributed by atoms with van der Waals surface area (Å²) in [5.74, 6) is 0.750. The zero-order chi connectivity index (χ0) is 20.6. The SMILES string of the molecule is C#C.CC.CC(=O)CCC(C)C.CNC(=O)[C@@H]1CCCN1S(C)(=O)=O. The van der Waals surface area contributed by atoms with Crippen LogP contribution < -0.4 is 5.32 Å². The Labute approximate surface area is 154 Å². The molecule has 1 heterocycles. The fraction of sp³-hybridized carbons (Fsp3) is 0.778. The summed E-state index contributed by atoms with van der Waals surface area (Å²) in [4.78, 5) is 21.6. The Morgan fingerprint density at radius 2 is 1.72 bits per heavy atom. The second-order valence-corrected chi connectivity index (χ2v) is 7.72. The summed E-state index contributed by atoms with van der Waals surface area (Å²) in [7, 11) is -1.72. The van der Waals surface area contributed by atoms with Crippen LogP contribution >= 0.6 is 0 Å². The first-order valence-electron chi connectivity index (χ1n) is 8.60. The van der Waals surface area contributed by atoms with E-state index in [2.05, 4.69) is 32.0 Å². The van der Waals surface area contributed by atoms with E-state index in [4.69, 9.17) is 0 Å². The third-order valence-electron chi connectivity index (χ3n) is 3.25. The van der Waals surface area contributed by atoms with E-state index >= 15 is 0 Å². The molecule has 6 nitrogen and oxygen atoms in total. The second-order valence-electron chi connectivity index (χ2n) is 5.78. The average Bonchev–Trinajstić information content (AvgIpc) is 3.06. The van der Waals surface area contributed by atoms with Crippen molar-refractivity contribution in [1.82, 2.24) is 9.62 Å². The number of ketones is 1. The average molecular weight is 377 g/mol. The molecule has 0 saturated carbocycles. The van der Waals surface area contributed by atoms with Crippen molar-refractivity contribution in [3.63, 3.8) is 0 Å². The van der Waals surface area contributed by atoms with Crippen LogP contribution in [0.25, 0.3) is 0 Å². The van der Waals surface area contributed by atoms with Crippen molar-refractivity contribution in [2.24, 2.45) is 5.92 Å². The predicted octanol–water partition coefficient (Wildman–Crippen LogP) is 2.44. The fourth-order valence-electron chi connectivity index (χ4n) is 2.06. The van der Waals surface area contributed by atoms with Crippen molar-refractivity contribution < 1.29 is 18.0 Å². The number of nitrogens with one attached hydrogen (secondary N) is 1. The van der Waals surface area contributed by atoms with Crippen LogP contribution in [0.2, 0.25) is 0 Å². The summed E-state index contributed by atoms with van der Waals surface area (Å²) in [5.41, 5.74) is 0. The highest BCUT2D eigenvalue weighted by molar-refractivity contribution is 7.88. The number of terminal acetylenes is 1. The molecule has 0 radical (unpaired) electrons. The number of carbonyl (C=O) groups is 2. The number of amides is 1. The van der Waals surface area contributed by atoms with E-state index in [0.717, 1.165) is 25.5 Å². The van der Waals surface area contributed by atoms with Crippen molar-refractivity contribution in [2.75, 3.05) is 19.8 Å². The van der Waals surface area contributed by atoms with Gasteiger partial charge in [-0.25, -0.2) is 8.42 Å². The number of hydrogen-bond donors (Lipinski definition) is 1. The van der Waals surface area contributed by atoms with Crippen LogP contribution in [-0.4, -0.2) is 50.3 Å². The molecule has 1 fully saturated rings. The molecule has 1 atom stereocenters. The van der Waals surface area contributed by atoms with Crippen LogP contribution in [0.15, 0.2) is 0 Å². The Balaban J connectivity index is -0.000000348. The highest BCUT2D eigenvalue weighted by Gasteiger charge is 2.35. The quantitative estimate of drug-likeness (QED) is 0.747. The number of Topliss-reactive ketones (excluding diaryl/α,β-unsaturated/α-hetero) is 1. The molecular formula is C18H36N2O4S. The minimum Gasteiger partial charge on any atom is -0.358 e. The van der Waals surface area contributed by atoms with E-state index in [9.17, 15) is 18.0 Å². The van der Waals surface area contributed by atoms with Gasteiger partial charge in [-0.3, -0.25) is 4.79 Å². The molecule has 0 bridgehead atoms. The molecule has 1 saturated heterocycles. The molecule has 1 N–H and O–H groups in total. The van der Waals surface area contributed by atoms with Gasteiger partial charge in [0.05, 0.1) is 6.26 Å². The Morgan fingerprint density at radius 3 is 2.00 bits per heavy atom. The first-order chi connectivity index (χ1) is 11.6. The molecule has 7 heteroatoms. The first kappa shape index (κ1) is 28.4. The van der Waals surface area contributed by atoms with Gasteiger partial charge in [0, 0.05) is 20.0 Å². The van der Waals surface area contributed by atoms with Crippen LogP contribution in [0.3, 0.4) is 0 Å². The van der Waals surface area contributed by atoms with Crippen LogP contribution in [0.5, 0.6) is 0 Å². The molecule has 148 valence electrons. The lowest BCUT2D eigenvalue weighted by Crippen LogP contribution is -2.44. The second kappa shape index (κ2) is 16.1. The molecule has 0 spiro atoms. The topological polar surface area (TPSA) is 83.6 Å². The maximum absolute atomic E-state index is 11.3. The number of nitrogens with zero attached hydrogens (tertiary/aromatic N) is 1. The Bertz CT molecular complexity index is 485. The van der Waals surface area contributed by atoms with Gasteiger partial charge < -0.3 is 10.1 Å². The van der Waals surface area contributed by atoms with Crippen LogP contribution in [0, 0.1) is 18.8 Å². The summed E-state index contributed by atoms with van der Waals surface area (Å²) in [6.07, 6.45) is 12.3. The fourth-order valence-corrected chi connectivity index (χ4v) is 3.18. The van der Waals surface area contributed by atoms with E-state index < -0.39 is 16.1 Å². The Morgan fingerprint density at radius 1 is 1.24 bits per heavy atom. The van der Waals surface area contributed by atoms with E-state index in [-0.39, 0.29) is 5.91 Å². The smallest absolute Gasteiger partial charge is 0.238 e. The lowest BCUT2D eigenvalue weighted by molar-refractivity contribution is -0.123. The zero-order valence-corrected chi connectivity index (χ0v) is 17.6. The molecule has 1 aliphatic rings. The molecule has 0 aromatic carbocycles. The zero-order valence-electron chi connectivity index (χ0n) is 16.8. The third-order valence-corrected chi connectivity index (χ3v) is 4.54.